The Morgan fingerprint density at radius 3 is 2.54 bits per heavy atom. The smallest absolute Gasteiger partial charge is 0.409 e. The van der Waals surface area contributed by atoms with Gasteiger partial charge < -0.3 is 24.0 Å². The molecular weight excluding hydrogens is 490 g/mol. The van der Waals surface area contributed by atoms with Gasteiger partial charge in [0.05, 0.1) is 31.5 Å². The van der Waals surface area contributed by atoms with E-state index in [-0.39, 0.29) is 17.6 Å². The van der Waals surface area contributed by atoms with Crippen LogP contribution in [0, 0.1) is 17.2 Å². The maximum absolute atomic E-state index is 12.8. The third-order valence-corrected chi connectivity index (χ3v) is 8.60. The van der Waals surface area contributed by atoms with Gasteiger partial charge in [-0.05, 0) is 86.5 Å². The quantitative estimate of drug-likeness (QED) is 0.342. The fraction of sp³-hybridized carbons (Fsp3) is 0.562. The summed E-state index contributed by atoms with van der Waals surface area (Å²) in [4.78, 5) is 17.2. The average Bonchev–Trinajstić information content (AvgIpc) is 2.99. The summed E-state index contributed by atoms with van der Waals surface area (Å²) < 4.78 is 17.1. The number of nitrogens with zero attached hydrogens (tertiary/aromatic N) is 3. The first kappa shape index (κ1) is 28.9. The highest BCUT2D eigenvalue weighted by atomic mass is 16.5. The summed E-state index contributed by atoms with van der Waals surface area (Å²) in [6.45, 7) is 7.20. The lowest BCUT2D eigenvalue weighted by molar-refractivity contribution is 0.0114. The molecule has 2 atom stereocenters. The first-order chi connectivity index (χ1) is 19.0. The minimum absolute atomic E-state index is 0.151. The molecule has 2 aromatic rings. The number of rotatable bonds is 11. The maximum Gasteiger partial charge on any atom is 0.409 e. The number of ether oxygens (including phenoxy) is 3. The molecule has 0 aliphatic carbocycles. The minimum atomic E-state index is -0.252. The van der Waals surface area contributed by atoms with Crippen LogP contribution in [-0.4, -0.2) is 69.0 Å². The molecule has 2 aliphatic rings. The van der Waals surface area contributed by atoms with Crippen LogP contribution in [0.1, 0.15) is 62.1 Å². The number of amides is 1. The van der Waals surface area contributed by atoms with Gasteiger partial charge in [0, 0.05) is 32.2 Å². The number of fused-ring (bicyclic) bond motifs is 1. The van der Waals surface area contributed by atoms with Gasteiger partial charge in [-0.25, -0.2) is 4.79 Å². The number of piperidine rings is 1. The molecule has 0 aromatic heterocycles. The third kappa shape index (κ3) is 6.93. The Kier molecular flexibility index (Phi) is 10.2. The van der Waals surface area contributed by atoms with Gasteiger partial charge in [-0.3, -0.25) is 0 Å². The van der Waals surface area contributed by atoms with E-state index in [2.05, 4.69) is 42.2 Å². The molecule has 0 bridgehead atoms. The van der Waals surface area contributed by atoms with E-state index in [0.29, 0.717) is 31.2 Å². The Morgan fingerprint density at radius 1 is 1.13 bits per heavy atom. The van der Waals surface area contributed by atoms with Crippen molar-refractivity contribution in [3.05, 3.63) is 65.2 Å². The minimum Gasteiger partial charge on any atom is -0.494 e. The molecule has 39 heavy (non-hydrogen) atoms. The van der Waals surface area contributed by atoms with E-state index in [9.17, 15) is 4.79 Å². The van der Waals surface area contributed by atoms with Crippen LogP contribution >= 0.6 is 0 Å². The summed E-state index contributed by atoms with van der Waals surface area (Å²) in [5.74, 6) is 1.26. The second-order valence-electron chi connectivity index (χ2n) is 10.9. The third-order valence-electron chi connectivity index (χ3n) is 8.60. The first-order valence-electron chi connectivity index (χ1n) is 14.3. The van der Waals surface area contributed by atoms with Crippen molar-refractivity contribution >= 4 is 6.09 Å². The number of carbonyl (C=O) groups excluding carboxylic acids is 1. The van der Waals surface area contributed by atoms with Gasteiger partial charge in [0.2, 0.25) is 0 Å². The fourth-order valence-corrected chi connectivity index (χ4v) is 6.62. The summed E-state index contributed by atoms with van der Waals surface area (Å²) in [5, 5.41) is 8.96. The molecule has 2 aromatic carbocycles. The molecule has 210 valence electrons. The summed E-state index contributed by atoms with van der Waals surface area (Å²) in [7, 11) is 3.30. The van der Waals surface area contributed by atoms with Crippen molar-refractivity contribution in [2.24, 2.45) is 5.92 Å². The number of carbonyl (C=O) groups is 1. The summed E-state index contributed by atoms with van der Waals surface area (Å²) in [6.07, 6.45) is 6.01. The number of benzene rings is 2. The predicted molar refractivity (Wildman–Crippen MR) is 152 cm³/mol. The van der Waals surface area contributed by atoms with Crippen LogP contribution in [0.4, 0.5) is 4.79 Å². The van der Waals surface area contributed by atoms with E-state index >= 15 is 0 Å². The SMILES string of the molecule is CCCC(CC1(C2CCN(CCCOc3ccc(C#N)cc3)CC2)CN(C(=O)OC)Cc2ccccc21)OC. The van der Waals surface area contributed by atoms with Gasteiger partial charge >= 0.3 is 6.09 Å². The van der Waals surface area contributed by atoms with Crippen molar-refractivity contribution in [2.45, 2.75) is 63.5 Å². The van der Waals surface area contributed by atoms with Crippen LogP contribution in [0.25, 0.3) is 0 Å². The Hall–Kier alpha value is -3.08. The molecule has 1 amide bonds. The lowest BCUT2D eigenvalue weighted by atomic mass is 9.61. The Bertz CT molecular complexity index is 1110. The molecule has 0 saturated carbocycles. The van der Waals surface area contributed by atoms with E-state index in [4.69, 9.17) is 19.5 Å². The van der Waals surface area contributed by atoms with Crippen LogP contribution in [-0.2, 0) is 21.4 Å². The zero-order valence-electron chi connectivity index (χ0n) is 23.7. The highest BCUT2D eigenvalue weighted by molar-refractivity contribution is 5.68. The molecule has 0 spiro atoms. The number of nitriles is 1. The van der Waals surface area contributed by atoms with Crippen molar-refractivity contribution in [1.82, 2.24) is 9.80 Å². The largest absolute Gasteiger partial charge is 0.494 e. The van der Waals surface area contributed by atoms with Crippen LogP contribution in [0.3, 0.4) is 0 Å². The summed E-state index contributed by atoms with van der Waals surface area (Å²) >= 11 is 0. The lowest BCUT2D eigenvalue weighted by Gasteiger charge is -2.51. The number of hydrogen-bond donors (Lipinski definition) is 0. The molecule has 4 rings (SSSR count). The zero-order valence-corrected chi connectivity index (χ0v) is 23.7. The molecule has 2 unspecified atom stereocenters. The van der Waals surface area contributed by atoms with E-state index < -0.39 is 0 Å². The molecule has 2 aliphatic heterocycles. The maximum atomic E-state index is 12.8. The lowest BCUT2D eigenvalue weighted by Crippen LogP contribution is -2.55. The molecular formula is C32H43N3O4. The van der Waals surface area contributed by atoms with E-state index in [1.54, 1.807) is 12.1 Å². The average molecular weight is 534 g/mol. The van der Waals surface area contributed by atoms with Crippen molar-refractivity contribution in [1.29, 1.82) is 5.26 Å². The highest BCUT2D eigenvalue weighted by Crippen LogP contribution is 2.47. The Morgan fingerprint density at radius 2 is 1.87 bits per heavy atom. The zero-order chi connectivity index (χ0) is 27.7. The Labute approximate surface area is 233 Å². The molecule has 1 fully saturated rings. The van der Waals surface area contributed by atoms with Crippen LogP contribution in [0.15, 0.2) is 48.5 Å². The van der Waals surface area contributed by atoms with Crippen molar-refractivity contribution in [2.75, 3.05) is 47.0 Å². The summed E-state index contributed by atoms with van der Waals surface area (Å²) in [5.41, 5.74) is 3.09. The molecule has 0 radical (unpaired) electrons. The standard InChI is InChI=1S/C32H43N3O4/c1-4-8-29(37-2)21-32(24-35(31(36)38-3)23-26-9-5-6-10-30(26)32)27-15-18-34(19-16-27)17-7-20-39-28-13-11-25(22-33)12-14-28/h5-6,9-14,27,29H,4,7-8,15-21,23-24H2,1-3H3. The highest BCUT2D eigenvalue weighted by Gasteiger charge is 2.48. The molecule has 0 N–H and O–H groups in total. The van der Waals surface area contributed by atoms with Crippen LogP contribution in [0.5, 0.6) is 5.75 Å². The summed E-state index contributed by atoms with van der Waals surface area (Å²) in [6, 6.07) is 18.1. The number of hydrogen-bond acceptors (Lipinski definition) is 6. The van der Waals surface area contributed by atoms with E-state index in [1.807, 2.05) is 24.1 Å². The predicted octanol–water partition coefficient (Wildman–Crippen LogP) is 5.76. The molecule has 1 saturated heterocycles. The van der Waals surface area contributed by atoms with E-state index in [1.165, 1.54) is 18.2 Å². The topological polar surface area (TPSA) is 75.0 Å². The van der Waals surface area contributed by atoms with E-state index in [0.717, 1.165) is 63.9 Å². The monoisotopic (exact) mass is 533 g/mol. The Balaban J connectivity index is 1.44. The second-order valence-corrected chi connectivity index (χ2v) is 10.9. The first-order valence-corrected chi connectivity index (χ1v) is 14.3. The van der Waals surface area contributed by atoms with Gasteiger partial charge in [0.1, 0.15) is 5.75 Å². The second kappa shape index (κ2) is 13.8. The van der Waals surface area contributed by atoms with Crippen molar-refractivity contribution in [3.63, 3.8) is 0 Å². The van der Waals surface area contributed by atoms with Crippen LogP contribution < -0.4 is 4.74 Å². The molecule has 2 heterocycles. The molecule has 7 nitrogen and oxygen atoms in total. The van der Waals surface area contributed by atoms with Gasteiger partial charge in [-0.2, -0.15) is 5.26 Å². The number of likely N-dealkylation sites (tertiary alicyclic amines) is 1. The fourth-order valence-electron chi connectivity index (χ4n) is 6.62. The van der Waals surface area contributed by atoms with Crippen molar-refractivity contribution in [3.8, 4) is 11.8 Å². The van der Waals surface area contributed by atoms with Gasteiger partial charge in [-0.15, -0.1) is 0 Å². The van der Waals surface area contributed by atoms with Gasteiger partial charge in [-0.1, -0.05) is 37.6 Å². The van der Waals surface area contributed by atoms with Crippen LogP contribution in [0.2, 0.25) is 0 Å². The van der Waals surface area contributed by atoms with Gasteiger partial charge in [0.15, 0.2) is 0 Å². The van der Waals surface area contributed by atoms with Gasteiger partial charge in [0.25, 0.3) is 0 Å². The normalized spacial score (nSPS) is 20.6. The van der Waals surface area contributed by atoms with Crippen molar-refractivity contribution < 1.29 is 19.0 Å². The molecule has 7 heteroatoms. The number of methoxy groups -OCH3 is 2.